The van der Waals surface area contributed by atoms with Gasteiger partial charge in [0.25, 0.3) is 0 Å². The van der Waals surface area contributed by atoms with E-state index in [9.17, 15) is 13.2 Å². The molecule has 7 heteroatoms. The molecule has 1 aromatic heterocycles. The molecule has 3 rings (SSSR count). The maximum Gasteiger partial charge on any atom is 0.243 e. The normalized spacial score (nSPS) is 12.6. The molecule has 0 fully saturated rings. The van der Waals surface area contributed by atoms with E-state index in [-0.39, 0.29) is 29.9 Å². The molecule has 6 nitrogen and oxygen atoms in total. The van der Waals surface area contributed by atoms with Gasteiger partial charge in [0.05, 0.1) is 24.2 Å². The molecule has 0 bridgehead atoms. The van der Waals surface area contributed by atoms with E-state index in [1.54, 1.807) is 36.4 Å². The molecule has 0 aliphatic rings. The Kier molecular flexibility index (Phi) is 7.65. The topological polar surface area (TPSA) is 79.6 Å². The van der Waals surface area contributed by atoms with Gasteiger partial charge in [-0.25, -0.2) is 8.42 Å². The summed E-state index contributed by atoms with van der Waals surface area (Å²) in [6.45, 7) is 3.51. The van der Waals surface area contributed by atoms with E-state index in [0.29, 0.717) is 5.76 Å². The smallest absolute Gasteiger partial charge is 0.243 e. The highest BCUT2D eigenvalue weighted by atomic mass is 32.2. The second-order valence-corrected chi connectivity index (χ2v) is 9.60. The summed E-state index contributed by atoms with van der Waals surface area (Å²) in [6, 6.07) is 19.9. The quantitative estimate of drug-likeness (QED) is 0.518. The molecule has 0 saturated carbocycles. The maximum absolute atomic E-state index is 13.2. The minimum Gasteiger partial charge on any atom is -0.468 e. The van der Waals surface area contributed by atoms with Crippen LogP contribution in [-0.4, -0.2) is 31.2 Å². The van der Waals surface area contributed by atoms with Crippen LogP contribution in [0.5, 0.6) is 0 Å². The third-order valence-corrected chi connectivity index (χ3v) is 6.81. The Morgan fingerprint density at radius 2 is 1.74 bits per heavy atom. The van der Waals surface area contributed by atoms with E-state index in [1.807, 2.05) is 44.2 Å². The molecule has 1 atom stereocenters. The first-order chi connectivity index (χ1) is 14.8. The Morgan fingerprint density at radius 3 is 2.39 bits per heavy atom. The summed E-state index contributed by atoms with van der Waals surface area (Å²) >= 11 is 0. The zero-order valence-electron chi connectivity index (χ0n) is 17.8. The monoisotopic (exact) mass is 440 g/mol. The van der Waals surface area contributed by atoms with E-state index < -0.39 is 10.0 Å². The molecule has 0 spiro atoms. The van der Waals surface area contributed by atoms with Crippen LogP contribution in [0.1, 0.15) is 30.2 Å². The molecule has 1 amide bonds. The number of carbonyl (C=O) groups is 1. The predicted molar refractivity (Wildman–Crippen MR) is 120 cm³/mol. The Hall–Kier alpha value is -2.90. The van der Waals surface area contributed by atoms with Crippen molar-refractivity contribution < 1.29 is 17.6 Å². The first kappa shape index (κ1) is 22.8. The first-order valence-corrected chi connectivity index (χ1v) is 11.7. The zero-order valence-corrected chi connectivity index (χ0v) is 18.6. The van der Waals surface area contributed by atoms with Crippen molar-refractivity contribution in [3.63, 3.8) is 0 Å². The minimum atomic E-state index is -3.87. The number of furan rings is 1. The number of nitrogens with zero attached hydrogens (tertiary/aromatic N) is 1. The Bertz CT molecular complexity index is 1060. The van der Waals surface area contributed by atoms with Gasteiger partial charge in [-0.1, -0.05) is 48.0 Å². The van der Waals surface area contributed by atoms with Crippen LogP contribution in [0.2, 0.25) is 0 Å². The lowest BCUT2D eigenvalue weighted by atomic mass is 10.1. The second-order valence-electron chi connectivity index (χ2n) is 7.66. The fourth-order valence-corrected chi connectivity index (χ4v) is 4.60. The molecule has 0 saturated heterocycles. The lowest BCUT2D eigenvalue weighted by Crippen LogP contribution is -2.43. The van der Waals surface area contributed by atoms with Crippen LogP contribution >= 0.6 is 0 Å². The predicted octanol–water partition coefficient (Wildman–Crippen LogP) is 3.92. The summed E-state index contributed by atoms with van der Waals surface area (Å²) in [6.07, 6.45) is 3.08. The Morgan fingerprint density at radius 1 is 1.03 bits per heavy atom. The van der Waals surface area contributed by atoms with E-state index >= 15 is 0 Å². The number of aryl methyl sites for hydroxylation is 2. The van der Waals surface area contributed by atoms with Crippen LogP contribution in [0.4, 0.5) is 0 Å². The lowest BCUT2D eigenvalue weighted by Gasteiger charge is -2.22. The van der Waals surface area contributed by atoms with Crippen molar-refractivity contribution in [2.45, 2.75) is 44.2 Å². The highest BCUT2D eigenvalue weighted by Crippen LogP contribution is 2.19. The molecule has 1 heterocycles. The molecule has 3 aromatic rings. The summed E-state index contributed by atoms with van der Waals surface area (Å²) in [4.78, 5) is 12.8. The highest BCUT2D eigenvalue weighted by molar-refractivity contribution is 7.89. The van der Waals surface area contributed by atoms with E-state index in [2.05, 4.69) is 5.32 Å². The van der Waals surface area contributed by atoms with Crippen molar-refractivity contribution in [3.8, 4) is 0 Å². The van der Waals surface area contributed by atoms with Gasteiger partial charge in [-0.3, -0.25) is 4.79 Å². The van der Waals surface area contributed by atoms with Crippen LogP contribution in [-0.2, 0) is 27.8 Å². The largest absolute Gasteiger partial charge is 0.468 e. The number of hydrogen-bond acceptors (Lipinski definition) is 4. The van der Waals surface area contributed by atoms with Gasteiger partial charge in [-0.2, -0.15) is 4.31 Å². The zero-order chi connectivity index (χ0) is 22.3. The molecule has 0 aliphatic carbocycles. The summed E-state index contributed by atoms with van der Waals surface area (Å²) in [5.74, 6) is 0.128. The number of hydrogen-bond donors (Lipinski definition) is 1. The molecule has 0 radical (unpaired) electrons. The fourth-order valence-electron chi connectivity index (χ4n) is 3.24. The lowest BCUT2D eigenvalue weighted by molar-refractivity contribution is -0.122. The average molecular weight is 441 g/mol. The molecule has 2 aromatic carbocycles. The molecular formula is C24H28N2O4S. The SMILES string of the molecule is Cc1ccc(S(=O)(=O)N(CC(=O)NC(C)CCc2ccccc2)Cc2ccco2)cc1. The van der Waals surface area contributed by atoms with Gasteiger partial charge in [0.15, 0.2) is 0 Å². The second kappa shape index (κ2) is 10.4. The molecular weight excluding hydrogens is 412 g/mol. The Balaban J connectivity index is 1.67. The number of sulfonamides is 1. The molecule has 31 heavy (non-hydrogen) atoms. The van der Waals surface area contributed by atoms with Crippen molar-refractivity contribution in [1.82, 2.24) is 9.62 Å². The summed E-state index contributed by atoms with van der Waals surface area (Å²) in [5.41, 5.74) is 2.16. The molecule has 0 aliphatic heterocycles. The van der Waals surface area contributed by atoms with Gasteiger partial charge in [0.1, 0.15) is 5.76 Å². The van der Waals surface area contributed by atoms with Gasteiger partial charge in [-0.15, -0.1) is 0 Å². The van der Waals surface area contributed by atoms with E-state index in [4.69, 9.17) is 4.42 Å². The first-order valence-electron chi connectivity index (χ1n) is 10.3. The van der Waals surface area contributed by atoms with Crippen LogP contribution in [0, 0.1) is 6.92 Å². The number of carbonyl (C=O) groups excluding carboxylic acids is 1. The highest BCUT2D eigenvalue weighted by Gasteiger charge is 2.28. The standard InChI is InChI=1S/C24H28N2O4S/c1-19-10-14-23(15-11-19)31(28,29)26(17-22-9-6-16-30-22)18-24(27)25-20(2)12-13-21-7-4-3-5-8-21/h3-11,14-16,20H,12-13,17-18H2,1-2H3,(H,25,27). The van der Waals surface area contributed by atoms with Gasteiger partial charge >= 0.3 is 0 Å². The van der Waals surface area contributed by atoms with E-state index in [0.717, 1.165) is 22.7 Å². The van der Waals surface area contributed by atoms with Crippen molar-refractivity contribution in [1.29, 1.82) is 0 Å². The minimum absolute atomic E-state index is 0.0188. The summed E-state index contributed by atoms with van der Waals surface area (Å²) in [7, 11) is -3.87. The van der Waals surface area contributed by atoms with Crippen molar-refractivity contribution in [2.75, 3.05) is 6.54 Å². The number of amides is 1. The maximum atomic E-state index is 13.2. The average Bonchev–Trinajstić information content (AvgIpc) is 3.26. The number of benzene rings is 2. The third-order valence-electron chi connectivity index (χ3n) is 5.01. The third kappa shape index (κ3) is 6.54. The van der Waals surface area contributed by atoms with Crippen LogP contribution < -0.4 is 5.32 Å². The molecule has 1 unspecified atom stereocenters. The van der Waals surface area contributed by atoms with Gasteiger partial charge in [-0.05, 0) is 56.5 Å². The van der Waals surface area contributed by atoms with Gasteiger partial charge < -0.3 is 9.73 Å². The fraction of sp³-hybridized carbons (Fsp3) is 0.292. The summed E-state index contributed by atoms with van der Waals surface area (Å²) < 4.78 is 32.9. The van der Waals surface area contributed by atoms with E-state index in [1.165, 1.54) is 11.8 Å². The Labute approximate surface area is 183 Å². The van der Waals surface area contributed by atoms with Crippen molar-refractivity contribution >= 4 is 15.9 Å². The van der Waals surface area contributed by atoms with Gasteiger partial charge in [0, 0.05) is 6.04 Å². The van der Waals surface area contributed by atoms with Crippen molar-refractivity contribution in [2.24, 2.45) is 0 Å². The number of rotatable bonds is 10. The van der Waals surface area contributed by atoms with Crippen molar-refractivity contribution in [3.05, 3.63) is 89.9 Å². The van der Waals surface area contributed by atoms with Crippen LogP contribution in [0.3, 0.4) is 0 Å². The number of nitrogens with one attached hydrogen (secondary N) is 1. The summed E-state index contributed by atoms with van der Waals surface area (Å²) in [5, 5.41) is 2.92. The van der Waals surface area contributed by atoms with Crippen LogP contribution in [0.25, 0.3) is 0 Å². The van der Waals surface area contributed by atoms with Gasteiger partial charge in [0.2, 0.25) is 15.9 Å². The van der Waals surface area contributed by atoms with Crippen LogP contribution in [0.15, 0.2) is 82.3 Å². The molecule has 1 N–H and O–H groups in total. The molecule has 164 valence electrons.